The first-order valence-electron chi connectivity index (χ1n) is 8.98. The van der Waals surface area contributed by atoms with Gasteiger partial charge in [-0.3, -0.25) is 4.79 Å². The predicted molar refractivity (Wildman–Crippen MR) is 103 cm³/mol. The van der Waals surface area contributed by atoms with Crippen molar-refractivity contribution in [2.75, 3.05) is 29.9 Å². The highest BCUT2D eigenvalue weighted by atomic mass is 16.1. The van der Waals surface area contributed by atoms with Crippen LogP contribution < -0.4 is 15.5 Å². The summed E-state index contributed by atoms with van der Waals surface area (Å²) in [5.41, 5.74) is 3.60. The topological polar surface area (TPSA) is 57.3 Å². The van der Waals surface area contributed by atoms with Crippen molar-refractivity contribution in [3.63, 3.8) is 0 Å². The summed E-state index contributed by atoms with van der Waals surface area (Å²) in [6, 6.07) is 12.1. The third-order valence-corrected chi connectivity index (χ3v) is 4.29. The average Bonchev–Trinajstić information content (AvgIpc) is 3.15. The summed E-state index contributed by atoms with van der Waals surface area (Å²) in [5, 5.41) is 6.20. The number of carbonyl (C=O) groups excluding carboxylic acids is 1. The molecule has 5 heteroatoms. The van der Waals surface area contributed by atoms with E-state index in [2.05, 4.69) is 58.6 Å². The Balaban J connectivity index is 1.58. The number of aromatic nitrogens is 1. The van der Waals surface area contributed by atoms with Gasteiger partial charge in [0, 0.05) is 31.0 Å². The van der Waals surface area contributed by atoms with Gasteiger partial charge in [-0.1, -0.05) is 13.8 Å². The molecule has 2 aromatic rings. The zero-order valence-corrected chi connectivity index (χ0v) is 15.0. The van der Waals surface area contributed by atoms with Crippen molar-refractivity contribution < 1.29 is 4.79 Å². The van der Waals surface area contributed by atoms with Crippen molar-refractivity contribution in [1.82, 2.24) is 10.3 Å². The van der Waals surface area contributed by atoms with E-state index in [9.17, 15) is 4.79 Å². The van der Waals surface area contributed by atoms with Gasteiger partial charge in [-0.05, 0) is 55.2 Å². The summed E-state index contributed by atoms with van der Waals surface area (Å²) in [6.07, 6.45) is 4.25. The molecular weight excluding hydrogens is 312 g/mol. The van der Waals surface area contributed by atoms with Gasteiger partial charge in [0.2, 0.25) is 0 Å². The van der Waals surface area contributed by atoms with E-state index in [0.717, 1.165) is 24.5 Å². The normalized spacial score (nSPS) is 14.0. The second-order valence-electron chi connectivity index (χ2n) is 6.90. The van der Waals surface area contributed by atoms with Crippen LogP contribution in [0.15, 0.2) is 42.6 Å². The van der Waals surface area contributed by atoms with Crippen molar-refractivity contribution in [2.24, 2.45) is 5.92 Å². The van der Waals surface area contributed by atoms with Crippen molar-refractivity contribution in [3.05, 3.63) is 48.3 Å². The summed E-state index contributed by atoms with van der Waals surface area (Å²) in [4.78, 5) is 18.6. The molecule has 0 aliphatic carbocycles. The fourth-order valence-electron chi connectivity index (χ4n) is 2.89. The van der Waals surface area contributed by atoms with E-state index in [1.54, 1.807) is 12.3 Å². The van der Waals surface area contributed by atoms with Gasteiger partial charge >= 0.3 is 0 Å². The maximum absolute atomic E-state index is 12.0. The van der Waals surface area contributed by atoms with Crippen LogP contribution in [0, 0.1) is 5.92 Å². The highest BCUT2D eigenvalue weighted by Crippen LogP contribution is 2.23. The molecule has 1 fully saturated rings. The third-order valence-electron chi connectivity index (χ3n) is 4.29. The summed E-state index contributed by atoms with van der Waals surface area (Å²) < 4.78 is 0. The van der Waals surface area contributed by atoms with Crippen molar-refractivity contribution in [2.45, 2.75) is 26.7 Å². The number of hydrogen-bond acceptors (Lipinski definition) is 4. The molecule has 1 aromatic carbocycles. The molecule has 3 rings (SSSR count). The maximum Gasteiger partial charge on any atom is 0.269 e. The molecule has 1 saturated heterocycles. The number of hydrogen-bond donors (Lipinski definition) is 2. The van der Waals surface area contributed by atoms with E-state index in [-0.39, 0.29) is 5.91 Å². The van der Waals surface area contributed by atoms with Gasteiger partial charge in [0.1, 0.15) is 5.69 Å². The second kappa shape index (κ2) is 8.01. The number of anilines is 3. The Kier molecular flexibility index (Phi) is 5.53. The van der Waals surface area contributed by atoms with E-state index in [4.69, 9.17) is 0 Å². The summed E-state index contributed by atoms with van der Waals surface area (Å²) >= 11 is 0. The van der Waals surface area contributed by atoms with Crippen LogP contribution in [0.5, 0.6) is 0 Å². The Hall–Kier alpha value is -2.56. The van der Waals surface area contributed by atoms with Gasteiger partial charge in [-0.2, -0.15) is 0 Å². The largest absolute Gasteiger partial charge is 0.372 e. The van der Waals surface area contributed by atoms with Gasteiger partial charge < -0.3 is 15.5 Å². The summed E-state index contributed by atoms with van der Waals surface area (Å²) in [5.74, 6) is 0.295. The first-order chi connectivity index (χ1) is 12.1. The van der Waals surface area contributed by atoms with E-state index >= 15 is 0 Å². The molecule has 132 valence electrons. The average molecular weight is 338 g/mol. The van der Waals surface area contributed by atoms with Gasteiger partial charge in [-0.15, -0.1) is 0 Å². The minimum absolute atomic E-state index is 0.129. The van der Waals surface area contributed by atoms with Gasteiger partial charge in [0.05, 0.1) is 11.9 Å². The second-order valence-corrected chi connectivity index (χ2v) is 6.90. The van der Waals surface area contributed by atoms with E-state index in [0.29, 0.717) is 18.2 Å². The van der Waals surface area contributed by atoms with Crippen molar-refractivity contribution in [3.8, 4) is 0 Å². The molecule has 25 heavy (non-hydrogen) atoms. The number of rotatable bonds is 6. The Bertz CT molecular complexity index is 689. The van der Waals surface area contributed by atoms with Crippen LogP contribution in [0.1, 0.15) is 37.2 Å². The standard InChI is InChI=1S/C20H26N4O/c1-15(2)13-22-20(25)19-10-7-17(14-21-19)23-16-5-8-18(9-6-16)24-11-3-4-12-24/h5-10,14-15,23H,3-4,11-13H2,1-2H3,(H,22,25). The molecule has 0 radical (unpaired) electrons. The lowest BCUT2D eigenvalue weighted by Gasteiger charge is -2.18. The number of amides is 1. The molecule has 0 bridgehead atoms. The maximum atomic E-state index is 12.0. The van der Waals surface area contributed by atoms with Gasteiger partial charge in [0.25, 0.3) is 5.91 Å². The molecular formula is C20H26N4O. The Morgan fingerprint density at radius 1 is 1.08 bits per heavy atom. The van der Waals surface area contributed by atoms with E-state index < -0.39 is 0 Å². The quantitative estimate of drug-likeness (QED) is 0.841. The number of carbonyl (C=O) groups is 1. The Labute approximate surface area is 149 Å². The van der Waals surface area contributed by atoms with Crippen LogP contribution in [0.25, 0.3) is 0 Å². The first-order valence-corrected chi connectivity index (χ1v) is 8.98. The number of nitrogens with one attached hydrogen (secondary N) is 2. The fraction of sp³-hybridized carbons (Fsp3) is 0.400. The third kappa shape index (κ3) is 4.72. The van der Waals surface area contributed by atoms with Gasteiger partial charge in [-0.25, -0.2) is 4.98 Å². The van der Waals surface area contributed by atoms with Crippen LogP contribution >= 0.6 is 0 Å². The molecule has 0 spiro atoms. The van der Waals surface area contributed by atoms with Crippen LogP contribution in [-0.4, -0.2) is 30.5 Å². The lowest BCUT2D eigenvalue weighted by Crippen LogP contribution is -2.27. The minimum Gasteiger partial charge on any atom is -0.372 e. The zero-order chi connectivity index (χ0) is 17.6. The molecule has 1 aromatic heterocycles. The number of benzene rings is 1. The highest BCUT2D eigenvalue weighted by Gasteiger charge is 2.12. The van der Waals surface area contributed by atoms with Crippen molar-refractivity contribution >= 4 is 23.0 Å². The number of nitrogens with zero attached hydrogens (tertiary/aromatic N) is 2. The Morgan fingerprint density at radius 2 is 1.76 bits per heavy atom. The van der Waals surface area contributed by atoms with Crippen LogP contribution in [0.3, 0.4) is 0 Å². The molecule has 2 N–H and O–H groups in total. The zero-order valence-electron chi connectivity index (χ0n) is 15.0. The van der Waals surface area contributed by atoms with Gasteiger partial charge in [0.15, 0.2) is 0 Å². The van der Waals surface area contributed by atoms with Crippen LogP contribution in [0.2, 0.25) is 0 Å². The summed E-state index contributed by atoms with van der Waals surface area (Å²) in [6.45, 7) is 7.09. The SMILES string of the molecule is CC(C)CNC(=O)c1ccc(Nc2ccc(N3CCCC3)cc2)cn1. The lowest BCUT2D eigenvalue weighted by atomic mass is 10.2. The monoisotopic (exact) mass is 338 g/mol. The number of pyridine rings is 1. The summed E-state index contributed by atoms with van der Waals surface area (Å²) in [7, 11) is 0. The molecule has 5 nitrogen and oxygen atoms in total. The van der Waals surface area contributed by atoms with E-state index in [1.165, 1.54) is 18.5 Å². The predicted octanol–water partition coefficient (Wildman–Crippen LogP) is 3.81. The fourth-order valence-corrected chi connectivity index (χ4v) is 2.89. The van der Waals surface area contributed by atoms with Crippen LogP contribution in [0.4, 0.5) is 17.1 Å². The molecule has 1 aliphatic heterocycles. The van der Waals surface area contributed by atoms with Crippen molar-refractivity contribution in [1.29, 1.82) is 0 Å². The highest BCUT2D eigenvalue weighted by molar-refractivity contribution is 5.92. The molecule has 1 amide bonds. The lowest BCUT2D eigenvalue weighted by molar-refractivity contribution is 0.0944. The molecule has 1 aliphatic rings. The van der Waals surface area contributed by atoms with Crippen LogP contribution in [-0.2, 0) is 0 Å². The molecule has 0 unspecified atom stereocenters. The minimum atomic E-state index is -0.129. The Morgan fingerprint density at radius 3 is 2.36 bits per heavy atom. The first kappa shape index (κ1) is 17.3. The smallest absolute Gasteiger partial charge is 0.269 e. The molecule has 2 heterocycles. The van der Waals surface area contributed by atoms with E-state index in [1.807, 2.05) is 6.07 Å². The molecule has 0 saturated carbocycles. The molecule has 0 atom stereocenters.